The van der Waals surface area contributed by atoms with Crippen LogP contribution in [-0.4, -0.2) is 28.9 Å². The zero-order chi connectivity index (χ0) is 17.8. The lowest BCUT2D eigenvalue weighted by atomic mass is 10.0. The first-order valence-corrected chi connectivity index (χ1v) is 7.94. The molecule has 5 nitrogen and oxygen atoms in total. The Hall–Kier alpha value is -2.11. The second-order valence-corrected chi connectivity index (χ2v) is 6.82. The van der Waals surface area contributed by atoms with Crippen LogP contribution in [0.3, 0.4) is 0 Å². The van der Waals surface area contributed by atoms with Gasteiger partial charge in [0.2, 0.25) is 0 Å². The number of fused-ring (bicyclic) bond motifs is 1. The van der Waals surface area contributed by atoms with Crippen molar-refractivity contribution in [2.24, 2.45) is 0 Å². The molecule has 1 aliphatic rings. The third kappa shape index (κ3) is 2.44. The number of hydrogen-bond acceptors (Lipinski definition) is 4. The number of sulfone groups is 1. The van der Waals surface area contributed by atoms with Crippen molar-refractivity contribution in [1.82, 2.24) is 14.8 Å². The predicted octanol–water partition coefficient (Wildman–Crippen LogP) is 2.70. The highest BCUT2D eigenvalue weighted by Gasteiger charge is 2.41. The maximum Gasteiger partial charge on any atom is 0.344 e. The minimum absolute atomic E-state index is 0.273. The van der Waals surface area contributed by atoms with Crippen molar-refractivity contribution >= 4 is 9.84 Å². The van der Waals surface area contributed by atoms with Crippen LogP contribution in [0, 0.1) is 17.5 Å². The van der Waals surface area contributed by atoms with Crippen LogP contribution in [0.15, 0.2) is 17.3 Å². The maximum atomic E-state index is 14.0. The molecule has 12 heteroatoms. The molecule has 0 amide bonds. The van der Waals surface area contributed by atoms with Crippen LogP contribution in [0.1, 0.15) is 30.0 Å². The van der Waals surface area contributed by atoms with Crippen LogP contribution in [0.4, 0.5) is 26.3 Å². The molecule has 2 atom stereocenters. The molecule has 0 N–H and O–H groups in total. The first-order valence-electron chi connectivity index (χ1n) is 6.40. The Morgan fingerprint density at radius 2 is 1.88 bits per heavy atom. The van der Waals surface area contributed by atoms with E-state index in [1.54, 1.807) is 0 Å². The zero-order valence-electron chi connectivity index (χ0n) is 11.4. The van der Waals surface area contributed by atoms with Gasteiger partial charge in [0.15, 0.2) is 23.6 Å². The third-order valence-corrected chi connectivity index (χ3v) is 4.66. The summed E-state index contributed by atoms with van der Waals surface area (Å²) in [5, 5.41) is 1.94. The number of hydrogen-bond donors (Lipinski definition) is 0. The van der Waals surface area contributed by atoms with Gasteiger partial charge in [0.1, 0.15) is 5.82 Å². The van der Waals surface area contributed by atoms with Gasteiger partial charge in [0.25, 0.3) is 15.0 Å². The van der Waals surface area contributed by atoms with Crippen LogP contribution in [0.5, 0.6) is 0 Å². The molecule has 0 spiro atoms. The molecule has 2 aromatic rings. The van der Waals surface area contributed by atoms with Crippen LogP contribution in [0.25, 0.3) is 0 Å². The van der Waals surface area contributed by atoms with Crippen LogP contribution < -0.4 is 0 Å². The summed E-state index contributed by atoms with van der Waals surface area (Å²) in [5.74, 6) is -8.62. The SMILES string of the molecule is O=S(=O)(c1nc2n(n1)[C@H](c1cc(F)cc(F)c1F)C[C@@H]2F)C(F)F. The van der Waals surface area contributed by atoms with Gasteiger partial charge in [0, 0.05) is 18.1 Å². The van der Waals surface area contributed by atoms with Gasteiger partial charge >= 0.3 is 5.76 Å². The topological polar surface area (TPSA) is 64.8 Å². The zero-order valence-corrected chi connectivity index (χ0v) is 12.2. The summed E-state index contributed by atoms with van der Waals surface area (Å²) >= 11 is 0. The van der Waals surface area contributed by atoms with Crippen LogP contribution >= 0.6 is 0 Å². The predicted molar refractivity (Wildman–Crippen MR) is 66.1 cm³/mol. The van der Waals surface area contributed by atoms with Crippen molar-refractivity contribution in [2.75, 3.05) is 0 Å². The molecule has 2 heterocycles. The lowest BCUT2D eigenvalue weighted by Crippen LogP contribution is -2.16. The van der Waals surface area contributed by atoms with E-state index in [0.717, 1.165) is 0 Å². The molecular formula is C12H7F6N3O2S. The Balaban J connectivity index is 2.13. The highest BCUT2D eigenvalue weighted by Crippen LogP contribution is 2.41. The summed E-state index contributed by atoms with van der Waals surface area (Å²) in [5.41, 5.74) is -0.625. The molecule has 0 aliphatic carbocycles. The van der Waals surface area contributed by atoms with E-state index >= 15 is 0 Å². The molecule has 1 aliphatic heterocycles. The first kappa shape index (κ1) is 16.7. The van der Waals surface area contributed by atoms with Gasteiger partial charge in [-0.3, -0.25) is 0 Å². The fraction of sp³-hybridized carbons (Fsp3) is 0.333. The van der Waals surface area contributed by atoms with Gasteiger partial charge in [0.05, 0.1) is 6.04 Å². The summed E-state index contributed by atoms with van der Waals surface area (Å²) < 4.78 is 103. The molecule has 1 aromatic heterocycles. The number of aromatic nitrogens is 3. The second-order valence-electron chi connectivity index (χ2n) is 5.01. The minimum atomic E-state index is -5.20. The fourth-order valence-corrected chi connectivity index (χ4v) is 3.02. The summed E-state index contributed by atoms with van der Waals surface area (Å²) in [7, 11) is -5.20. The highest BCUT2D eigenvalue weighted by molar-refractivity contribution is 7.91. The van der Waals surface area contributed by atoms with E-state index in [1.165, 1.54) is 0 Å². The fourth-order valence-electron chi connectivity index (χ4n) is 2.44. The molecule has 0 saturated heterocycles. The second kappa shape index (κ2) is 5.46. The Morgan fingerprint density at radius 3 is 2.50 bits per heavy atom. The molecule has 0 unspecified atom stereocenters. The van der Waals surface area contributed by atoms with Crippen molar-refractivity contribution in [3.05, 3.63) is 41.0 Å². The van der Waals surface area contributed by atoms with E-state index in [0.29, 0.717) is 10.7 Å². The molecule has 0 radical (unpaired) electrons. The number of halogens is 6. The molecule has 1 aromatic carbocycles. The smallest absolute Gasteiger partial charge is 0.239 e. The monoisotopic (exact) mass is 371 g/mol. The van der Waals surface area contributed by atoms with E-state index in [4.69, 9.17) is 0 Å². The van der Waals surface area contributed by atoms with Crippen LogP contribution in [0.2, 0.25) is 0 Å². The summed E-state index contributed by atoms with van der Waals surface area (Å²) in [6.45, 7) is 0. The largest absolute Gasteiger partial charge is 0.344 e. The van der Waals surface area contributed by atoms with Gasteiger partial charge in [-0.2, -0.15) is 13.8 Å². The molecule has 130 valence electrons. The van der Waals surface area contributed by atoms with Crippen molar-refractivity contribution in [3.63, 3.8) is 0 Å². The molecular weight excluding hydrogens is 364 g/mol. The van der Waals surface area contributed by atoms with Crippen molar-refractivity contribution in [3.8, 4) is 0 Å². The summed E-state index contributed by atoms with van der Waals surface area (Å²) in [6, 6.07) is -0.557. The van der Waals surface area contributed by atoms with Gasteiger partial charge in [-0.05, 0) is 6.07 Å². The van der Waals surface area contributed by atoms with Gasteiger partial charge < -0.3 is 0 Å². The number of rotatable bonds is 3. The van der Waals surface area contributed by atoms with Gasteiger partial charge in [-0.25, -0.2) is 30.7 Å². The quantitative estimate of drug-likeness (QED) is 0.615. The minimum Gasteiger partial charge on any atom is -0.239 e. The van der Waals surface area contributed by atoms with Gasteiger partial charge in [-0.15, -0.1) is 5.10 Å². The molecule has 0 saturated carbocycles. The third-order valence-electron chi connectivity index (χ3n) is 3.51. The number of nitrogens with zero attached hydrogens (tertiary/aromatic N) is 3. The molecule has 3 rings (SSSR count). The van der Waals surface area contributed by atoms with E-state index in [2.05, 4.69) is 10.1 Å². The Kier molecular flexibility index (Phi) is 3.81. The lowest BCUT2D eigenvalue weighted by Gasteiger charge is -2.13. The first-order chi connectivity index (χ1) is 11.1. The van der Waals surface area contributed by atoms with Crippen LogP contribution in [-0.2, 0) is 9.84 Å². The summed E-state index contributed by atoms with van der Waals surface area (Å²) in [4.78, 5) is 3.21. The van der Waals surface area contributed by atoms with Crippen molar-refractivity contribution in [2.45, 2.75) is 29.5 Å². The standard InChI is InChI=1S/C12H7F6N3O2S/c13-4-1-5(9(16)6(14)2-4)8-3-7(15)10-19-12(20-21(8)10)24(22,23)11(17)18/h1-2,7-8,11H,3H2/t7-,8-/m0/s1. The van der Waals surface area contributed by atoms with E-state index in [1.807, 2.05) is 0 Å². The Morgan fingerprint density at radius 1 is 1.21 bits per heavy atom. The van der Waals surface area contributed by atoms with E-state index < -0.39 is 68.2 Å². The number of alkyl halides is 3. The molecule has 0 bridgehead atoms. The highest BCUT2D eigenvalue weighted by atomic mass is 32.2. The molecule has 0 fully saturated rings. The maximum absolute atomic E-state index is 14.0. The lowest BCUT2D eigenvalue weighted by molar-refractivity contribution is 0.233. The van der Waals surface area contributed by atoms with Gasteiger partial charge in [-0.1, -0.05) is 0 Å². The van der Waals surface area contributed by atoms with E-state index in [-0.39, 0.29) is 6.07 Å². The van der Waals surface area contributed by atoms with E-state index in [9.17, 15) is 34.8 Å². The Bertz CT molecular complexity index is 914. The van der Waals surface area contributed by atoms with Crippen molar-refractivity contribution in [1.29, 1.82) is 0 Å². The average molecular weight is 371 g/mol. The van der Waals surface area contributed by atoms with Crippen molar-refractivity contribution < 1.29 is 34.8 Å². The molecule has 24 heavy (non-hydrogen) atoms. The Labute approximate surface area is 130 Å². The average Bonchev–Trinajstić information content (AvgIpc) is 3.04. The normalized spacial score (nSPS) is 20.6. The summed E-state index contributed by atoms with van der Waals surface area (Å²) in [6.07, 6.45) is -2.49. The number of benzene rings is 1.